The van der Waals surface area contributed by atoms with E-state index in [1.54, 1.807) is 18.9 Å². The number of amides is 1. The number of esters is 1. The van der Waals surface area contributed by atoms with E-state index in [1.165, 1.54) is 7.11 Å². The molecule has 1 amide bonds. The Morgan fingerprint density at radius 3 is 2.24 bits per heavy atom. The van der Waals surface area contributed by atoms with Crippen LogP contribution in [0.3, 0.4) is 0 Å². The minimum absolute atomic E-state index is 0.0667. The average molecular weight is 300 g/mol. The van der Waals surface area contributed by atoms with E-state index in [0.717, 1.165) is 12.8 Å². The van der Waals surface area contributed by atoms with Crippen LogP contribution < -0.4 is 5.73 Å². The molecule has 0 heterocycles. The van der Waals surface area contributed by atoms with Gasteiger partial charge in [-0.15, -0.1) is 0 Å². The second-order valence-electron chi connectivity index (χ2n) is 6.88. The van der Waals surface area contributed by atoms with Crippen molar-refractivity contribution in [2.75, 3.05) is 27.2 Å². The van der Waals surface area contributed by atoms with E-state index < -0.39 is 0 Å². The summed E-state index contributed by atoms with van der Waals surface area (Å²) in [5, 5.41) is 0. The molecule has 0 aromatic carbocycles. The van der Waals surface area contributed by atoms with E-state index in [4.69, 9.17) is 5.73 Å². The SMILES string of the molecule is COC(=O)C(C)CN(C)C(=O)CCC(CCN)C(C)(C)C. The Balaban J connectivity index is 4.37. The third-order valence-corrected chi connectivity index (χ3v) is 4.02. The van der Waals surface area contributed by atoms with Crippen molar-refractivity contribution in [2.24, 2.45) is 23.0 Å². The zero-order valence-electron chi connectivity index (χ0n) is 14.4. The van der Waals surface area contributed by atoms with Crippen LogP contribution in [0.1, 0.15) is 47.0 Å². The maximum atomic E-state index is 12.2. The van der Waals surface area contributed by atoms with Gasteiger partial charge in [0.2, 0.25) is 5.91 Å². The first-order valence-electron chi connectivity index (χ1n) is 7.65. The van der Waals surface area contributed by atoms with Gasteiger partial charge in [-0.05, 0) is 30.7 Å². The Hall–Kier alpha value is -1.10. The standard InChI is InChI=1S/C16H32N2O3/c1-12(15(20)21-6)11-18(5)14(19)8-7-13(9-10-17)16(2,3)4/h12-13H,7-11,17H2,1-6H3. The van der Waals surface area contributed by atoms with Crippen LogP contribution in [0, 0.1) is 17.3 Å². The lowest BCUT2D eigenvalue weighted by molar-refractivity contribution is -0.146. The largest absolute Gasteiger partial charge is 0.469 e. The highest BCUT2D eigenvalue weighted by Crippen LogP contribution is 2.32. The highest BCUT2D eigenvalue weighted by molar-refractivity contribution is 5.77. The number of nitrogens with zero attached hydrogens (tertiary/aromatic N) is 1. The van der Waals surface area contributed by atoms with Crippen molar-refractivity contribution in [3.63, 3.8) is 0 Å². The molecule has 2 unspecified atom stereocenters. The molecule has 5 heteroatoms. The summed E-state index contributed by atoms with van der Waals surface area (Å²) in [4.78, 5) is 25.2. The number of ether oxygens (including phenoxy) is 1. The number of carbonyl (C=O) groups is 2. The van der Waals surface area contributed by atoms with Gasteiger partial charge in [0, 0.05) is 20.0 Å². The molecule has 0 aliphatic rings. The van der Waals surface area contributed by atoms with E-state index in [2.05, 4.69) is 25.5 Å². The molecule has 0 aromatic rings. The van der Waals surface area contributed by atoms with Crippen LogP contribution in [0.2, 0.25) is 0 Å². The molecule has 21 heavy (non-hydrogen) atoms. The van der Waals surface area contributed by atoms with Crippen molar-refractivity contribution in [1.29, 1.82) is 0 Å². The smallest absolute Gasteiger partial charge is 0.310 e. The summed E-state index contributed by atoms with van der Waals surface area (Å²) < 4.78 is 4.68. The summed E-state index contributed by atoms with van der Waals surface area (Å²) in [5.74, 6) is -0.0911. The van der Waals surface area contributed by atoms with Crippen molar-refractivity contribution in [3.05, 3.63) is 0 Å². The quantitative estimate of drug-likeness (QED) is 0.696. The van der Waals surface area contributed by atoms with Gasteiger partial charge in [-0.1, -0.05) is 27.7 Å². The van der Waals surface area contributed by atoms with Crippen LogP contribution >= 0.6 is 0 Å². The van der Waals surface area contributed by atoms with E-state index in [0.29, 0.717) is 25.4 Å². The van der Waals surface area contributed by atoms with Gasteiger partial charge in [-0.2, -0.15) is 0 Å². The number of carbonyl (C=O) groups excluding carboxylic acids is 2. The third kappa shape index (κ3) is 7.46. The van der Waals surface area contributed by atoms with Gasteiger partial charge in [0.25, 0.3) is 0 Å². The first-order valence-corrected chi connectivity index (χ1v) is 7.65. The summed E-state index contributed by atoms with van der Waals surface area (Å²) in [5.41, 5.74) is 5.81. The van der Waals surface area contributed by atoms with Gasteiger partial charge in [-0.25, -0.2) is 0 Å². The van der Waals surface area contributed by atoms with Crippen LogP contribution in [-0.2, 0) is 14.3 Å². The predicted octanol–water partition coefficient (Wildman–Crippen LogP) is 2.05. The van der Waals surface area contributed by atoms with Crippen molar-refractivity contribution < 1.29 is 14.3 Å². The Morgan fingerprint density at radius 1 is 1.24 bits per heavy atom. The van der Waals surface area contributed by atoms with E-state index in [-0.39, 0.29) is 23.2 Å². The Bertz CT molecular complexity index is 337. The van der Waals surface area contributed by atoms with Crippen molar-refractivity contribution >= 4 is 11.9 Å². The summed E-state index contributed by atoms with van der Waals surface area (Å²) in [6.45, 7) is 9.35. The molecule has 0 bridgehead atoms. The molecule has 0 aliphatic heterocycles. The summed E-state index contributed by atoms with van der Waals surface area (Å²) in [7, 11) is 3.10. The fourth-order valence-corrected chi connectivity index (χ4v) is 2.49. The molecule has 2 atom stereocenters. The molecule has 5 nitrogen and oxygen atoms in total. The summed E-state index contributed by atoms with van der Waals surface area (Å²) >= 11 is 0. The zero-order valence-corrected chi connectivity index (χ0v) is 14.4. The van der Waals surface area contributed by atoms with E-state index in [1.807, 2.05) is 0 Å². The van der Waals surface area contributed by atoms with Crippen molar-refractivity contribution in [1.82, 2.24) is 4.90 Å². The van der Waals surface area contributed by atoms with E-state index in [9.17, 15) is 9.59 Å². The molecule has 0 aliphatic carbocycles. The number of methoxy groups -OCH3 is 1. The van der Waals surface area contributed by atoms with Gasteiger partial charge >= 0.3 is 5.97 Å². The normalized spacial score (nSPS) is 14.4. The molecule has 0 fully saturated rings. The van der Waals surface area contributed by atoms with Crippen LogP contribution in [0.4, 0.5) is 0 Å². The molecule has 0 aromatic heterocycles. The van der Waals surface area contributed by atoms with Gasteiger partial charge in [0.1, 0.15) is 0 Å². The Kier molecular flexibility index (Phi) is 8.55. The number of hydrogen-bond donors (Lipinski definition) is 1. The second-order valence-corrected chi connectivity index (χ2v) is 6.88. The fraction of sp³-hybridized carbons (Fsp3) is 0.875. The van der Waals surface area contributed by atoms with Gasteiger partial charge in [0.15, 0.2) is 0 Å². The molecule has 0 saturated carbocycles. The highest BCUT2D eigenvalue weighted by Gasteiger charge is 2.25. The topological polar surface area (TPSA) is 72.6 Å². The van der Waals surface area contributed by atoms with Crippen LogP contribution in [0.5, 0.6) is 0 Å². The molecular weight excluding hydrogens is 268 g/mol. The van der Waals surface area contributed by atoms with Crippen LogP contribution in [-0.4, -0.2) is 44.0 Å². The Morgan fingerprint density at radius 2 is 1.81 bits per heavy atom. The lowest BCUT2D eigenvalue weighted by Crippen LogP contribution is -2.35. The summed E-state index contributed by atoms with van der Waals surface area (Å²) in [6.07, 6.45) is 2.25. The first kappa shape index (κ1) is 19.9. The molecule has 0 spiro atoms. The number of rotatable bonds is 8. The van der Waals surface area contributed by atoms with Gasteiger partial charge in [0.05, 0.1) is 13.0 Å². The van der Waals surface area contributed by atoms with Crippen LogP contribution in [0.15, 0.2) is 0 Å². The molecule has 2 N–H and O–H groups in total. The summed E-state index contributed by atoms with van der Waals surface area (Å²) in [6, 6.07) is 0. The molecular formula is C16H32N2O3. The van der Waals surface area contributed by atoms with E-state index >= 15 is 0 Å². The molecule has 124 valence electrons. The predicted molar refractivity (Wildman–Crippen MR) is 84.7 cm³/mol. The maximum absolute atomic E-state index is 12.2. The first-order chi connectivity index (χ1) is 9.63. The number of hydrogen-bond acceptors (Lipinski definition) is 4. The average Bonchev–Trinajstić information content (AvgIpc) is 2.40. The number of nitrogens with two attached hydrogens (primary N) is 1. The van der Waals surface area contributed by atoms with Gasteiger partial charge < -0.3 is 15.4 Å². The lowest BCUT2D eigenvalue weighted by Gasteiger charge is -2.31. The molecule has 0 rings (SSSR count). The van der Waals surface area contributed by atoms with Crippen molar-refractivity contribution in [3.8, 4) is 0 Å². The Labute approximate surface area is 129 Å². The highest BCUT2D eigenvalue weighted by atomic mass is 16.5. The minimum atomic E-state index is -0.300. The third-order valence-electron chi connectivity index (χ3n) is 4.02. The maximum Gasteiger partial charge on any atom is 0.310 e. The fourth-order valence-electron chi connectivity index (χ4n) is 2.49. The second kappa shape index (κ2) is 9.03. The lowest BCUT2D eigenvalue weighted by atomic mass is 9.76. The van der Waals surface area contributed by atoms with Gasteiger partial charge in [-0.3, -0.25) is 9.59 Å². The van der Waals surface area contributed by atoms with Crippen molar-refractivity contribution in [2.45, 2.75) is 47.0 Å². The van der Waals surface area contributed by atoms with Crippen LogP contribution in [0.25, 0.3) is 0 Å². The molecule has 0 saturated heterocycles. The minimum Gasteiger partial charge on any atom is -0.469 e. The monoisotopic (exact) mass is 300 g/mol. The molecule has 0 radical (unpaired) electrons. The zero-order chi connectivity index (χ0) is 16.6.